The first-order chi connectivity index (χ1) is 8.55. The molecular weight excluding hydrogens is 298 g/mol. The van der Waals surface area contributed by atoms with Gasteiger partial charge < -0.3 is 19.6 Å². The number of phosphoric acid groups is 2. The number of hydrogen-bond donors (Lipinski definition) is 4. The van der Waals surface area contributed by atoms with Crippen LogP contribution in [0.3, 0.4) is 0 Å². The zero-order valence-electron chi connectivity index (χ0n) is 11.0. The molecule has 0 aromatic carbocycles. The Hall–Kier alpha value is 0.220. The maximum atomic E-state index is 10.8. The first-order valence-corrected chi connectivity index (χ1v) is 9.05. The van der Waals surface area contributed by atoms with Gasteiger partial charge in [0.1, 0.15) is 0 Å². The smallest absolute Gasteiger partial charge is 0.303 e. The fourth-order valence-electron chi connectivity index (χ4n) is 1.51. The van der Waals surface area contributed by atoms with Crippen molar-refractivity contribution >= 4 is 15.6 Å². The van der Waals surface area contributed by atoms with Crippen molar-refractivity contribution in [2.45, 2.75) is 45.6 Å². The van der Waals surface area contributed by atoms with Gasteiger partial charge in [0, 0.05) is 0 Å². The maximum Gasteiger partial charge on any atom is 0.469 e. The fourth-order valence-corrected chi connectivity index (χ4v) is 2.54. The summed E-state index contributed by atoms with van der Waals surface area (Å²) in [7, 11) is -8.97. The van der Waals surface area contributed by atoms with E-state index in [2.05, 4.69) is 4.52 Å². The van der Waals surface area contributed by atoms with E-state index in [1.807, 2.05) is 13.8 Å². The van der Waals surface area contributed by atoms with Crippen LogP contribution < -0.4 is 0 Å². The molecule has 4 N–H and O–H groups in total. The molecule has 0 bridgehead atoms. The lowest BCUT2D eigenvalue weighted by molar-refractivity contribution is 0.0826. The van der Waals surface area contributed by atoms with Crippen LogP contribution >= 0.6 is 15.6 Å². The second-order valence-electron chi connectivity index (χ2n) is 4.34. The first kappa shape index (κ1) is 19.2. The molecule has 0 saturated carbocycles. The minimum atomic E-state index is -4.53. The van der Waals surface area contributed by atoms with Gasteiger partial charge in [0.25, 0.3) is 0 Å². The summed E-state index contributed by atoms with van der Waals surface area (Å²) in [5, 5.41) is 0. The average Bonchev–Trinajstić information content (AvgIpc) is 2.22. The number of unbranched alkanes of at least 4 members (excludes halogenated alkanes) is 1. The molecule has 0 saturated heterocycles. The largest absolute Gasteiger partial charge is 0.469 e. The molecule has 116 valence electrons. The molecule has 0 amide bonds. The Bertz CT molecular complexity index is 335. The molecule has 19 heavy (non-hydrogen) atoms. The lowest BCUT2D eigenvalue weighted by Crippen LogP contribution is -2.20. The molecule has 0 aliphatic rings. The van der Waals surface area contributed by atoms with Crippen molar-refractivity contribution in [2.24, 2.45) is 5.92 Å². The Labute approximate surface area is 112 Å². The van der Waals surface area contributed by atoms with Crippen LogP contribution in [0.15, 0.2) is 0 Å². The molecule has 0 heterocycles. The van der Waals surface area contributed by atoms with E-state index in [1.165, 1.54) is 0 Å². The summed E-state index contributed by atoms with van der Waals surface area (Å²) in [6, 6.07) is 0. The van der Waals surface area contributed by atoms with Crippen molar-refractivity contribution in [3.8, 4) is 0 Å². The predicted octanol–water partition coefficient (Wildman–Crippen LogP) is 1.79. The molecule has 0 fully saturated rings. The number of rotatable bonds is 10. The third-order valence-corrected chi connectivity index (χ3v) is 3.76. The summed E-state index contributed by atoms with van der Waals surface area (Å²) in [5.74, 6) is -0.0182. The van der Waals surface area contributed by atoms with E-state index >= 15 is 0 Å². The lowest BCUT2D eigenvalue weighted by atomic mass is 9.97. The summed E-state index contributed by atoms with van der Waals surface area (Å²) in [6.45, 7) is 3.61. The third-order valence-electron chi connectivity index (χ3n) is 2.69. The van der Waals surface area contributed by atoms with Gasteiger partial charge in [-0.15, -0.1) is 0 Å². The summed E-state index contributed by atoms with van der Waals surface area (Å²) >= 11 is 0. The van der Waals surface area contributed by atoms with E-state index in [4.69, 9.17) is 24.1 Å². The molecule has 2 unspecified atom stereocenters. The maximum absolute atomic E-state index is 10.8. The minimum Gasteiger partial charge on any atom is -0.303 e. The highest BCUT2D eigenvalue weighted by molar-refractivity contribution is 7.46. The zero-order valence-corrected chi connectivity index (χ0v) is 12.8. The van der Waals surface area contributed by atoms with Gasteiger partial charge in [0.05, 0.1) is 12.7 Å². The van der Waals surface area contributed by atoms with Crippen LogP contribution in [0.25, 0.3) is 0 Å². The second-order valence-corrected chi connectivity index (χ2v) is 6.77. The number of phosphoric ester groups is 2. The molecular formula is C9H22O8P2. The Morgan fingerprint density at radius 2 is 1.63 bits per heavy atom. The highest BCUT2D eigenvalue weighted by Gasteiger charge is 2.25. The van der Waals surface area contributed by atoms with Crippen molar-refractivity contribution in [3.05, 3.63) is 0 Å². The predicted molar refractivity (Wildman–Crippen MR) is 68.2 cm³/mol. The van der Waals surface area contributed by atoms with Gasteiger partial charge in [-0.05, 0) is 25.2 Å². The Morgan fingerprint density at radius 3 is 2.05 bits per heavy atom. The molecule has 0 aromatic heterocycles. The highest BCUT2D eigenvalue weighted by atomic mass is 31.2. The fraction of sp³-hybridized carbons (Fsp3) is 1.00. The quantitative estimate of drug-likeness (QED) is 0.353. The Balaban J connectivity index is 4.07. The van der Waals surface area contributed by atoms with Crippen molar-refractivity contribution in [1.82, 2.24) is 0 Å². The molecule has 0 aliphatic heterocycles. The second kappa shape index (κ2) is 8.49. The molecule has 0 aliphatic carbocycles. The molecule has 0 radical (unpaired) electrons. The third kappa shape index (κ3) is 11.7. The van der Waals surface area contributed by atoms with Crippen LogP contribution in [0.1, 0.15) is 39.5 Å². The van der Waals surface area contributed by atoms with E-state index in [-0.39, 0.29) is 12.5 Å². The van der Waals surface area contributed by atoms with Gasteiger partial charge in [-0.1, -0.05) is 20.3 Å². The van der Waals surface area contributed by atoms with Crippen molar-refractivity contribution < 1.29 is 37.8 Å². The van der Waals surface area contributed by atoms with Crippen LogP contribution in [-0.2, 0) is 18.2 Å². The summed E-state index contributed by atoms with van der Waals surface area (Å²) in [4.78, 5) is 34.5. The van der Waals surface area contributed by atoms with Crippen LogP contribution in [0.4, 0.5) is 0 Å². The Morgan fingerprint density at radius 1 is 1.05 bits per heavy atom. The van der Waals surface area contributed by atoms with Gasteiger partial charge in [-0.2, -0.15) is 0 Å². The zero-order chi connectivity index (χ0) is 15.1. The van der Waals surface area contributed by atoms with Gasteiger partial charge in [0.2, 0.25) is 0 Å². The van der Waals surface area contributed by atoms with Crippen molar-refractivity contribution in [2.75, 3.05) is 6.61 Å². The molecule has 0 spiro atoms. The Kier molecular flexibility index (Phi) is 8.59. The number of hydrogen-bond acceptors (Lipinski definition) is 4. The highest BCUT2D eigenvalue weighted by Crippen LogP contribution is 2.41. The minimum absolute atomic E-state index is 0.0182. The van der Waals surface area contributed by atoms with Gasteiger partial charge in [-0.25, -0.2) is 9.13 Å². The van der Waals surface area contributed by atoms with Crippen LogP contribution in [0.5, 0.6) is 0 Å². The summed E-state index contributed by atoms with van der Waals surface area (Å²) in [5.41, 5.74) is 0. The molecule has 2 atom stereocenters. The molecule has 0 rings (SSSR count). The van der Waals surface area contributed by atoms with E-state index in [9.17, 15) is 9.13 Å². The first-order valence-electron chi connectivity index (χ1n) is 5.99. The van der Waals surface area contributed by atoms with Crippen LogP contribution in [0, 0.1) is 5.92 Å². The van der Waals surface area contributed by atoms with E-state index in [0.717, 1.165) is 0 Å². The standard InChI is InChI=1S/C9H22O8P2/c1-3-8(2)9(17-19(13,14)15)6-4-5-7-16-18(10,11)12/h8-9H,3-7H2,1-2H3,(H2,10,11,12)(H2,13,14,15). The van der Waals surface area contributed by atoms with Crippen LogP contribution in [0.2, 0.25) is 0 Å². The normalized spacial score (nSPS) is 16.3. The molecule has 0 aromatic rings. The molecule has 8 nitrogen and oxygen atoms in total. The monoisotopic (exact) mass is 320 g/mol. The van der Waals surface area contributed by atoms with Gasteiger partial charge in [-0.3, -0.25) is 9.05 Å². The van der Waals surface area contributed by atoms with E-state index in [0.29, 0.717) is 25.7 Å². The van der Waals surface area contributed by atoms with Gasteiger partial charge in [0.15, 0.2) is 0 Å². The van der Waals surface area contributed by atoms with E-state index in [1.54, 1.807) is 0 Å². The lowest BCUT2D eigenvalue weighted by Gasteiger charge is -2.23. The topological polar surface area (TPSA) is 134 Å². The molecule has 10 heteroatoms. The van der Waals surface area contributed by atoms with Crippen LogP contribution in [-0.4, -0.2) is 32.3 Å². The average molecular weight is 320 g/mol. The van der Waals surface area contributed by atoms with Crippen molar-refractivity contribution in [3.63, 3.8) is 0 Å². The summed E-state index contributed by atoms with van der Waals surface area (Å²) in [6.07, 6.45) is 1.40. The van der Waals surface area contributed by atoms with E-state index < -0.39 is 21.7 Å². The SMILES string of the molecule is CCC(C)C(CCCCOP(=O)(O)O)OP(=O)(O)O. The van der Waals surface area contributed by atoms with Crippen molar-refractivity contribution in [1.29, 1.82) is 0 Å². The van der Waals surface area contributed by atoms with Gasteiger partial charge >= 0.3 is 15.6 Å². The summed E-state index contributed by atoms with van der Waals surface area (Å²) < 4.78 is 30.2.